The molecule has 0 aromatic rings. The summed E-state index contributed by atoms with van der Waals surface area (Å²) < 4.78 is 20.7. The first-order valence-electron chi connectivity index (χ1n) is 7.17. The number of hydrogen-bond donors (Lipinski definition) is 1. The molecule has 1 amide bonds. The van der Waals surface area contributed by atoms with Gasteiger partial charge in [-0.05, 0) is 0 Å². The number of carbonyl (C=O) groups excluding carboxylic acids is 4. The molecule has 0 saturated carbocycles. The molecule has 10 heteroatoms. The number of alkyl halides is 1. The van der Waals surface area contributed by atoms with E-state index in [9.17, 15) is 19.2 Å². The molecule has 1 saturated heterocycles. The van der Waals surface area contributed by atoms with Crippen LogP contribution in [-0.4, -0.2) is 54.3 Å². The van der Waals surface area contributed by atoms with Crippen LogP contribution in [-0.2, 0) is 38.1 Å². The SMILES string of the molecule is CC(=O)OC[C@H]1O[C@H](Cl)[C@H](CC(N)=O)[C@@H](OC(C)=O)[C@H]1OC(C)=O. The predicted molar refractivity (Wildman–Crippen MR) is 79.6 cm³/mol. The van der Waals surface area contributed by atoms with Gasteiger partial charge in [0.2, 0.25) is 5.91 Å². The number of halogens is 1. The summed E-state index contributed by atoms with van der Waals surface area (Å²) in [7, 11) is 0. The quantitative estimate of drug-likeness (QED) is 0.391. The highest BCUT2D eigenvalue weighted by atomic mass is 35.5. The van der Waals surface area contributed by atoms with Gasteiger partial charge >= 0.3 is 17.9 Å². The van der Waals surface area contributed by atoms with E-state index in [0.717, 1.165) is 13.8 Å². The number of ether oxygens (including phenoxy) is 4. The Bertz CT molecular complexity index is 511. The molecule has 0 aromatic heterocycles. The minimum absolute atomic E-state index is 0.246. The highest BCUT2D eigenvalue weighted by molar-refractivity contribution is 6.20. The minimum Gasteiger partial charge on any atom is -0.463 e. The summed E-state index contributed by atoms with van der Waals surface area (Å²) in [6.07, 6.45) is -3.39. The van der Waals surface area contributed by atoms with Crippen LogP contribution in [0.5, 0.6) is 0 Å². The van der Waals surface area contributed by atoms with E-state index in [0.29, 0.717) is 0 Å². The summed E-state index contributed by atoms with van der Waals surface area (Å²) in [5.74, 6) is -3.42. The molecule has 5 atom stereocenters. The van der Waals surface area contributed by atoms with Crippen molar-refractivity contribution in [3.63, 3.8) is 0 Å². The molecule has 0 aliphatic carbocycles. The zero-order valence-electron chi connectivity index (χ0n) is 13.5. The smallest absolute Gasteiger partial charge is 0.303 e. The standard InChI is InChI=1S/C14H20ClNO8/c1-6(17)21-5-10-13(23-8(3)19)12(22-7(2)18)9(4-11(16)20)14(15)24-10/h9-10,12-14H,4-5H2,1-3H3,(H2,16,20)/t9-,10-,12-,13+,14+/m1/s1. The van der Waals surface area contributed by atoms with Crippen LogP contribution in [0.3, 0.4) is 0 Å². The van der Waals surface area contributed by atoms with Crippen LogP contribution in [0.25, 0.3) is 0 Å². The third kappa shape index (κ3) is 5.97. The number of rotatable bonds is 6. The van der Waals surface area contributed by atoms with Crippen molar-refractivity contribution in [3.8, 4) is 0 Å². The molecular formula is C14H20ClNO8. The molecule has 0 spiro atoms. The van der Waals surface area contributed by atoms with Crippen LogP contribution < -0.4 is 5.73 Å². The first-order chi connectivity index (χ1) is 11.1. The van der Waals surface area contributed by atoms with Crippen molar-refractivity contribution in [3.05, 3.63) is 0 Å². The summed E-state index contributed by atoms with van der Waals surface area (Å²) in [6.45, 7) is 3.24. The molecule has 1 fully saturated rings. The van der Waals surface area contributed by atoms with Crippen molar-refractivity contribution >= 4 is 35.4 Å². The number of hydrogen-bond acceptors (Lipinski definition) is 8. The third-order valence-electron chi connectivity index (χ3n) is 3.25. The molecule has 9 nitrogen and oxygen atoms in total. The van der Waals surface area contributed by atoms with Gasteiger partial charge in [0.1, 0.15) is 24.4 Å². The van der Waals surface area contributed by atoms with E-state index >= 15 is 0 Å². The van der Waals surface area contributed by atoms with Crippen molar-refractivity contribution in [2.24, 2.45) is 11.7 Å². The van der Waals surface area contributed by atoms with E-state index in [1.165, 1.54) is 6.92 Å². The Labute approximate surface area is 143 Å². The lowest BCUT2D eigenvalue weighted by Crippen LogP contribution is -2.58. The Morgan fingerprint density at radius 1 is 1.00 bits per heavy atom. The molecule has 24 heavy (non-hydrogen) atoms. The Balaban J connectivity index is 3.11. The van der Waals surface area contributed by atoms with Gasteiger partial charge in [-0.15, -0.1) is 0 Å². The second-order valence-electron chi connectivity index (χ2n) is 5.31. The molecule has 1 heterocycles. The molecule has 1 aliphatic rings. The minimum atomic E-state index is -1.11. The molecule has 0 aromatic carbocycles. The molecule has 0 bridgehead atoms. The second kappa shape index (κ2) is 8.84. The number of amides is 1. The van der Waals surface area contributed by atoms with Crippen molar-refractivity contribution in [2.75, 3.05) is 6.61 Å². The Morgan fingerprint density at radius 3 is 2.00 bits per heavy atom. The number of carbonyl (C=O) groups is 4. The van der Waals surface area contributed by atoms with E-state index < -0.39 is 53.6 Å². The molecule has 0 unspecified atom stereocenters. The van der Waals surface area contributed by atoms with Gasteiger partial charge in [0.05, 0.1) is 0 Å². The largest absolute Gasteiger partial charge is 0.463 e. The van der Waals surface area contributed by atoms with Crippen LogP contribution >= 0.6 is 11.6 Å². The number of nitrogens with two attached hydrogens (primary N) is 1. The summed E-state index contributed by atoms with van der Waals surface area (Å²) in [5, 5.41) is 0. The normalized spacial score (nSPS) is 29.4. The lowest BCUT2D eigenvalue weighted by atomic mass is 9.89. The maximum absolute atomic E-state index is 11.4. The molecule has 2 N–H and O–H groups in total. The van der Waals surface area contributed by atoms with Gasteiger partial charge in [-0.25, -0.2) is 0 Å². The number of esters is 3. The highest BCUT2D eigenvalue weighted by Crippen LogP contribution is 2.34. The maximum atomic E-state index is 11.4. The van der Waals surface area contributed by atoms with Crippen LogP contribution in [0.4, 0.5) is 0 Å². The van der Waals surface area contributed by atoms with E-state index in [4.69, 9.17) is 36.3 Å². The fourth-order valence-electron chi connectivity index (χ4n) is 2.41. The van der Waals surface area contributed by atoms with Gasteiger partial charge < -0.3 is 24.7 Å². The Hall–Kier alpha value is -1.87. The summed E-state index contributed by atoms with van der Waals surface area (Å²) >= 11 is 6.11. The topological polar surface area (TPSA) is 131 Å². The summed E-state index contributed by atoms with van der Waals surface area (Å²) in [6, 6.07) is 0. The molecule has 1 rings (SSSR count). The van der Waals surface area contributed by atoms with Crippen molar-refractivity contribution in [1.82, 2.24) is 0 Å². The van der Waals surface area contributed by atoms with Crippen LogP contribution in [0, 0.1) is 5.92 Å². The van der Waals surface area contributed by atoms with Crippen LogP contribution in [0.2, 0.25) is 0 Å². The van der Waals surface area contributed by atoms with Gasteiger partial charge in [0.15, 0.2) is 6.10 Å². The fraction of sp³-hybridized carbons (Fsp3) is 0.714. The first-order valence-corrected chi connectivity index (χ1v) is 7.61. The van der Waals surface area contributed by atoms with Gasteiger partial charge in [-0.3, -0.25) is 19.2 Å². The summed E-state index contributed by atoms with van der Waals surface area (Å²) in [5.41, 5.74) is 4.13. The average molecular weight is 366 g/mol. The monoisotopic (exact) mass is 365 g/mol. The third-order valence-corrected chi connectivity index (χ3v) is 3.67. The molecule has 1 aliphatic heterocycles. The lowest BCUT2D eigenvalue weighted by molar-refractivity contribution is -0.221. The van der Waals surface area contributed by atoms with Gasteiger partial charge in [-0.1, -0.05) is 11.6 Å². The second-order valence-corrected chi connectivity index (χ2v) is 5.74. The molecule has 136 valence electrons. The average Bonchev–Trinajstić information content (AvgIpc) is 2.42. The van der Waals surface area contributed by atoms with Crippen molar-refractivity contribution in [1.29, 1.82) is 0 Å². The van der Waals surface area contributed by atoms with E-state index in [2.05, 4.69) is 0 Å². The van der Waals surface area contributed by atoms with Gasteiger partial charge in [0, 0.05) is 33.1 Å². The van der Waals surface area contributed by atoms with E-state index in [1.807, 2.05) is 0 Å². The van der Waals surface area contributed by atoms with Gasteiger partial charge in [0.25, 0.3) is 0 Å². The van der Waals surface area contributed by atoms with E-state index in [-0.39, 0.29) is 13.0 Å². The van der Waals surface area contributed by atoms with Gasteiger partial charge in [-0.2, -0.15) is 0 Å². The van der Waals surface area contributed by atoms with E-state index in [1.54, 1.807) is 0 Å². The summed E-state index contributed by atoms with van der Waals surface area (Å²) in [4.78, 5) is 45.1. The zero-order chi connectivity index (χ0) is 18.4. The van der Waals surface area contributed by atoms with Crippen LogP contribution in [0.15, 0.2) is 0 Å². The zero-order valence-corrected chi connectivity index (χ0v) is 14.3. The highest BCUT2D eigenvalue weighted by Gasteiger charge is 2.50. The van der Waals surface area contributed by atoms with Crippen molar-refractivity contribution in [2.45, 2.75) is 51.1 Å². The fourth-order valence-corrected chi connectivity index (χ4v) is 2.77. The first kappa shape index (κ1) is 20.2. The lowest BCUT2D eigenvalue weighted by Gasteiger charge is -2.43. The maximum Gasteiger partial charge on any atom is 0.303 e. The Kier molecular flexibility index (Phi) is 7.43. The predicted octanol–water partition coefficient (Wildman–Crippen LogP) is -0.132. The Morgan fingerprint density at radius 2 is 1.54 bits per heavy atom. The van der Waals surface area contributed by atoms with Crippen molar-refractivity contribution < 1.29 is 38.1 Å². The van der Waals surface area contributed by atoms with Crippen LogP contribution in [0.1, 0.15) is 27.2 Å². The number of primary amides is 1. The molecule has 0 radical (unpaired) electrons. The molecular weight excluding hydrogens is 346 g/mol.